The second kappa shape index (κ2) is 8.49. The minimum absolute atomic E-state index is 0.0335. The lowest BCUT2D eigenvalue weighted by Gasteiger charge is -2.23. The molecule has 158 valence electrons. The summed E-state index contributed by atoms with van der Waals surface area (Å²) in [7, 11) is 0. The van der Waals surface area contributed by atoms with Crippen LogP contribution in [0.4, 0.5) is 5.13 Å². The normalized spacial score (nSPS) is 17.9. The molecule has 1 saturated heterocycles. The van der Waals surface area contributed by atoms with E-state index in [0.717, 1.165) is 0 Å². The first kappa shape index (κ1) is 21.0. The number of rotatable bonds is 5. The monoisotopic (exact) mass is 455 g/mol. The number of carbonyl (C=O) groups excluding carboxylic acids is 2. The Morgan fingerprint density at radius 3 is 2.58 bits per heavy atom. The van der Waals surface area contributed by atoms with E-state index in [4.69, 9.17) is 16.3 Å². The van der Waals surface area contributed by atoms with Crippen LogP contribution in [-0.2, 0) is 9.59 Å². The molecule has 0 bridgehead atoms. The van der Waals surface area contributed by atoms with E-state index in [1.807, 2.05) is 6.92 Å². The van der Waals surface area contributed by atoms with E-state index in [2.05, 4.69) is 10.2 Å². The van der Waals surface area contributed by atoms with Gasteiger partial charge in [0.25, 0.3) is 5.78 Å². The maximum atomic E-state index is 13.1. The van der Waals surface area contributed by atoms with Crippen molar-refractivity contribution in [2.45, 2.75) is 19.9 Å². The summed E-state index contributed by atoms with van der Waals surface area (Å²) < 4.78 is 5.59. The summed E-state index contributed by atoms with van der Waals surface area (Å²) in [5, 5.41) is 20.5. The Labute approximate surface area is 187 Å². The third-order valence-electron chi connectivity index (χ3n) is 4.77. The molecular weight excluding hydrogens is 438 g/mol. The molecule has 3 aromatic rings. The number of aromatic nitrogens is 2. The molecule has 1 unspecified atom stereocenters. The van der Waals surface area contributed by atoms with Gasteiger partial charge in [-0.1, -0.05) is 35.1 Å². The van der Waals surface area contributed by atoms with Gasteiger partial charge in [-0.05, 0) is 55.8 Å². The molecule has 1 atom stereocenters. The van der Waals surface area contributed by atoms with Crippen molar-refractivity contribution in [3.63, 3.8) is 0 Å². The van der Waals surface area contributed by atoms with E-state index in [-0.39, 0.29) is 16.5 Å². The number of nitrogens with zero attached hydrogens (tertiary/aromatic N) is 3. The van der Waals surface area contributed by atoms with Crippen molar-refractivity contribution in [2.24, 2.45) is 0 Å². The third kappa shape index (κ3) is 3.92. The van der Waals surface area contributed by atoms with Crippen LogP contribution in [0, 0.1) is 6.92 Å². The number of carbonyl (C=O) groups is 2. The molecule has 1 fully saturated rings. The van der Waals surface area contributed by atoms with Crippen LogP contribution in [0.15, 0.2) is 54.1 Å². The minimum Gasteiger partial charge on any atom is -0.507 e. The summed E-state index contributed by atoms with van der Waals surface area (Å²) in [6.45, 7) is 4.09. The van der Waals surface area contributed by atoms with E-state index in [0.29, 0.717) is 33.5 Å². The SMILES string of the molecule is CCOc1cccc(C2/C(=C(\O)c3ccc(Cl)cc3)C(=O)C(=O)N2c2nnc(C)s2)c1. The van der Waals surface area contributed by atoms with E-state index in [9.17, 15) is 14.7 Å². The van der Waals surface area contributed by atoms with Crippen molar-refractivity contribution >= 4 is 45.5 Å². The van der Waals surface area contributed by atoms with Crippen molar-refractivity contribution < 1.29 is 19.4 Å². The summed E-state index contributed by atoms with van der Waals surface area (Å²) in [5.74, 6) is -1.28. The molecular formula is C22H18ClN3O4S. The molecule has 2 aromatic carbocycles. The average molecular weight is 456 g/mol. The molecule has 1 aliphatic rings. The zero-order valence-electron chi connectivity index (χ0n) is 16.7. The van der Waals surface area contributed by atoms with E-state index in [1.54, 1.807) is 55.5 Å². The van der Waals surface area contributed by atoms with Crippen LogP contribution in [0.25, 0.3) is 5.76 Å². The van der Waals surface area contributed by atoms with Gasteiger partial charge in [0.05, 0.1) is 18.2 Å². The predicted octanol–water partition coefficient (Wildman–Crippen LogP) is 4.52. The number of hydrogen-bond acceptors (Lipinski definition) is 7. The van der Waals surface area contributed by atoms with E-state index in [1.165, 1.54) is 16.2 Å². The molecule has 1 aliphatic heterocycles. The molecule has 1 N–H and O–H groups in total. The molecule has 7 nitrogen and oxygen atoms in total. The van der Waals surface area contributed by atoms with Crippen LogP contribution < -0.4 is 9.64 Å². The Balaban J connectivity index is 1.93. The van der Waals surface area contributed by atoms with Gasteiger partial charge in [-0.3, -0.25) is 14.5 Å². The Morgan fingerprint density at radius 1 is 1.19 bits per heavy atom. The smallest absolute Gasteiger partial charge is 0.301 e. The maximum Gasteiger partial charge on any atom is 0.301 e. The number of Topliss-reactive ketones (excluding diaryl/α,β-unsaturated/α-hetero) is 1. The molecule has 1 amide bonds. The van der Waals surface area contributed by atoms with Crippen LogP contribution in [0.5, 0.6) is 5.75 Å². The standard InChI is InChI=1S/C22H18ClN3O4S/c1-3-30-16-6-4-5-14(11-16)18-17(19(27)13-7-9-15(23)10-8-13)20(28)21(29)26(18)22-25-24-12(2)31-22/h4-11,18,27H,3H2,1-2H3/b19-17+. The third-order valence-corrected chi connectivity index (χ3v) is 5.86. The number of aliphatic hydroxyl groups is 1. The fourth-order valence-electron chi connectivity index (χ4n) is 3.43. The Kier molecular flexibility index (Phi) is 5.75. The fraction of sp³-hybridized carbons (Fsp3) is 0.182. The topological polar surface area (TPSA) is 92.6 Å². The largest absolute Gasteiger partial charge is 0.507 e. The zero-order valence-corrected chi connectivity index (χ0v) is 18.3. The summed E-state index contributed by atoms with van der Waals surface area (Å²) >= 11 is 7.14. The number of ether oxygens (including phenoxy) is 1. The van der Waals surface area contributed by atoms with Gasteiger partial charge < -0.3 is 9.84 Å². The molecule has 4 rings (SSSR count). The highest BCUT2D eigenvalue weighted by Gasteiger charge is 2.48. The number of benzene rings is 2. The Morgan fingerprint density at radius 2 is 1.94 bits per heavy atom. The highest BCUT2D eigenvalue weighted by Crippen LogP contribution is 2.43. The van der Waals surface area contributed by atoms with Gasteiger partial charge in [-0.15, -0.1) is 10.2 Å². The van der Waals surface area contributed by atoms with Crippen molar-refractivity contribution in [1.82, 2.24) is 10.2 Å². The Bertz CT molecular complexity index is 1190. The van der Waals surface area contributed by atoms with Crippen molar-refractivity contribution in [3.8, 4) is 5.75 Å². The maximum absolute atomic E-state index is 13.1. The molecule has 0 radical (unpaired) electrons. The quantitative estimate of drug-likeness (QED) is 0.345. The van der Waals surface area contributed by atoms with Crippen LogP contribution in [0.3, 0.4) is 0 Å². The number of aryl methyl sites for hydroxylation is 1. The Hall–Kier alpha value is -3.23. The summed E-state index contributed by atoms with van der Waals surface area (Å²) in [6.07, 6.45) is 0. The molecule has 0 aliphatic carbocycles. The van der Waals surface area contributed by atoms with Gasteiger partial charge in [0, 0.05) is 10.6 Å². The predicted molar refractivity (Wildman–Crippen MR) is 118 cm³/mol. The van der Waals surface area contributed by atoms with E-state index < -0.39 is 17.7 Å². The van der Waals surface area contributed by atoms with Crippen LogP contribution in [0.2, 0.25) is 5.02 Å². The van der Waals surface area contributed by atoms with Crippen molar-refractivity contribution in [2.75, 3.05) is 11.5 Å². The van der Waals surface area contributed by atoms with Crippen molar-refractivity contribution in [3.05, 3.63) is 75.3 Å². The first-order valence-corrected chi connectivity index (χ1v) is 10.7. The van der Waals surface area contributed by atoms with Gasteiger partial charge in [-0.25, -0.2) is 0 Å². The first-order valence-electron chi connectivity index (χ1n) is 9.50. The molecule has 2 heterocycles. The average Bonchev–Trinajstić information content (AvgIpc) is 3.29. The molecule has 9 heteroatoms. The molecule has 31 heavy (non-hydrogen) atoms. The molecule has 0 saturated carbocycles. The lowest BCUT2D eigenvalue weighted by molar-refractivity contribution is -0.132. The number of ketones is 1. The number of anilines is 1. The van der Waals surface area contributed by atoms with Gasteiger partial charge in [0.15, 0.2) is 0 Å². The second-order valence-corrected chi connectivity index (χ2v) is 8.38. The summed E-state index contributed by atoms with van der Waals surface area (Å²) in [6, 6.07) is 12.6. The van der Waals surface area contributed by atoms with Crippen molar-refractivity contribution in [1.29, 1.82) is 0 Å². The first-order chi connectivity index (χ1) is 14.9. The number of aliphatic hydroxyl groups excluding tert-OH is 1. The molecule has 1 aromatic heterocycles. The highest BCUT2D eigenvalue weighted by atomic mass is 35.5. The lowest BCUT2D eigenvalue weighted by atomic mass is 9.95. The summed E-state index contributed by atoms with van der Waals surface area (Å²) in [5.41, 5.74) is 0.948. The zero-order chi connectivity index (χ0) is 22.1. The number of halogens is 1. The van der Waals surface area contributed by atoms with Gasteiger partial charge in [-0.2, -0.15) is 0 Å². The van der Waals surface area contributed by atoms with E-state index >= 15 is 0 Å². The molecule has 0 spiro atoms. The van der Waals surface area contributed by atoms with Gasteiger partial charge in [0.2, 0.25) is 5.13 Å². The van der Waals surface area contributed by atoms with Crippen LogP contribution >= 0.6 is 22.9 Å². The lowest BCUT2D eigenvalue weighted by Crippen LogP contribution is -2.29. The second-order valence-electron chi connectivity index (χ2n) is 6.79. The highest BCUT2D eigenvalue weighted by molar-refractivity contribution is 7.15. The van der Waals surface area contributed by atoms with Gasteiger partial charge in [0.1, 0.15) is 16.5 Å². The minimum atomic E-state index is -0.886. The van der Waals surface area contributed by atoms with Crippen LogP contribution in [-0.4, -0.2) is 33.6 Å². The number of amides is 1. The fourth-order valence-corrected chi connectivity index (χ4v) is 4.27. The van der Waals surface area contributed by atoms with Gasteiger partial charge >= 0.3 is 5.91 Å². The summed E-state index contributed by atoms with van der Waals surface area (Å²) in [4.78, 5) is 27.4. The van der Waals surface area contributed by atoms with Crippen LogP contribution in [0.1, 0.15) is 29.1 Å². The number of hydrogen-bond donors (Lipinski definition) is 1.